The van der Waals surface area contributed by atoms with Crippen LogP contribution in [0.1, 0.15) is 13.8 Å². The van der Waals surface area contributed by atoms with Gasteiger partial charge in [-0.1, -0.05) is 0 Å². The van der Waals surface area contributed by atoms with Crippen molar-refractivity contribution >= 4 is 16.2 Å². The Hall–Kier alpha value is -0.500. The Balaban J connectivity index is -0.0000000910. The molecule has 4 N–H and O–H groups in total. The molecule has 0 aromatic carbocycles. The van der Waals surface area contributed by atoms with Crippen molar-refractivity contribution in [3.63, 3.8) is 0 Å². The van der Waals surface area contributed by atoms with Gasteiger partial charge in [0.05, 0.1) is 0 Å². The van der Waals surface area contributed by atoms with Gasteiger partial charge in [-0.25, -0.2) is 0 Å². The van der Waals surface area contributed by atoms with E-state index < -0.39 is 10.4 Å². The Morgan fingerprint density at radius 3 is 1.20 bits per heavy atom. The number of hydrogen-bond acceptors (Lipinski definition) is 3. The molecule has 0 amide bonds. The summed E-state index contributed by atoms with van der Waals surface area (Å²) in [6, 6.07) is 0. The molecular formula is C3H10O6S. The molecule has 0 aromatic rings. The lowest BCUT2D eigenvalue weighted by Crippen LogP contribution is -1.89. The molecule has 10 heavy (non-hydrogen) atoms. The van der Waals surface area contributed by atoms with E-state index in [1.54, 1.807) is 0 Å². The van der Waals surface area contributed by atoms with Crippen LogP contribution in [0.2, 0.25) is 0 Å². The van der Waals surface area contributed by atoms with E-state index in [2.05, 4.69) is 0 Å². The highest BCUT2D eigenvalue weighted by atomic mass is 32.3. The third kappa shape index (κ3) is 1270. The molecule has 64 valence electrons. The molecule has 0 aromatic heterocycles. The summed E-state index contributed by atoms with van der Waals surface area (Å²) < 4.78 is 31.6. The predicted molar refractivity (Wildman–Crippen MR) is 34.1 cm³/mol. The zero-order valence-corrected chi connectivity index (χ0v) is 6.34. The summed E-state index contributed by atoms with van der Waals surface area (Å²) in [6.07, 6.45) is 0. The van der Waals surface area contributed by atoms with Crippen molar-refractivity contribution in [3.05, 3.63) is 0 Å². The van der Waals surface area contributed by atoms with Crippen LogP contribution < -0.4 is 0 Å². The van der Waals surface area contributed by atoms with Gasteiger partial charge in [-0.2, -0.15) is 8.42 Å². The molecule has 0 heterocycles. The van der Waals surface area contributed by atoms with Crippen molar-refractivity contribution in [2.75, 3.05) is 0 Å². The fraction of sp³-hybridized carbons (Fsp3) is 0.667. The van der Waals surface area contributed by atoms with Gasteiger partial charge in [0.2, 0.25) is 0 Å². The zero-order chi connectivity index (χ0) is 8.08. The fourth-order valence-electron chi connectivity index (χ4n) is 0. The Morgan fingerprint density at radius 1 is 1.20 bits per heavy atom. The Labute approximate surface area is 58.7 Å². The number of hydrogen-bond donors (Lipinski definition) is 2. The van der Waals surface area contributed by atoms with Crippen LogP contribution in [0.5, 0.6) is 0 Å². The van der Waals surface area contributed by atoms with Gasteiger partial charge in [-0.15, -0.1) is 0 Å². The minimum absolute atomic E-state index is 0. The first-order valence-corrected chi connectivity index (χ1v) is 3.30. The molecular weight excluding hydrogens is 164 g/mol. The van der Waals surface area contributed by atoms with E-state index >= 15 is 0 Å². The lowest BCUT2D eigenvalue weighted by molar-refractivity contribution is -0.114. The second kappa shape index (κ2) is 6.62. The highest BCUT2D eigenvalue weighted by Gasteiger charge is 1.84. The van der Waals surface area contributed by atoms with E-state index in [1.165, 1.54) is 13.8 Å². The van der Waals surface area contributed by atoms with Crippen LogP contribution in [0.4, 0.5) is 0 Å². The van der Waals surface area contributed by atoms with Gasteiger partial charge in [0, 0.05) is 0 Å². The van der Waals surface area contributed by atoms with Gasteiger partial charge in [0.15, 0.2) is 0 Å². The molecule has 0 bridgehead atoms. The topological polar surface area (TPSA) is 123 Å². The maximum atomic E-state index is 9.44. The first-order chi connectivity index (χ1) is 3.73. The molecule has 0 atom stereocenters. The Bertz CT molecular complexity index is 155. The summed E-state index contributed by atoms with van der Waals surface area (Å²) in [5.74, 6) is 0.167. The second-order valence-corrected chi connectivity index (χ2v) is 2.25. The molecule has 0 radical (unpaired) electrons. The van der Waals surface area contributed by atoms with Gasteiger partial charge in [-0.05, 0) is 13.8 Å². The highest BCUT2D eigenvalue weighted by molar-refractivity contribution is 7.79. The average Bonchev–Trinajstić information content (AvgIpc) is 1.19. The second-order valence-electron chi connectivity index (χ2n) is 1.36. The van der Waals surface area contributed by atoms with E-state index in [4.69, 9.17) is 17.5 Å². The van der Waals surface area contributed by atoms with Crippen molar-refractivity contribution in [1.82, 2.24) is 0 Å². The predicted octanol–water partition coefficient (Wildman–Crippen LogP) is -0.882. The lowest BCUT2D eigenvalue weighted by atomic mass is 10.6. The van der Waals surface area contributed by atoms with E-state index in [0.29, 0.717) is 0 Å². The van der Waals surface area contributed by atoms with E-state index in [0.717, 1.165) is 0 Å². The minimum atomic E-state index is -4.67. The van der Waals surface area contributed by atoms with Crippen LogP contribution in [0.3, 0.4) is 0 Å². The molecule has 0 aliphatic heterocycles. The fourth-order valence-corrected chi connectivity index (χ4v) is 0. The van der Waals surface area contributed by atoms with E-state index in [9.17, 15) is 4.79 Å². The molecule has 0 saturated carbocycles. The van der Waals surface area contributed by atoms with E-state index in [-0.39, 0.29) is 11.3 Å². The summed E-state index contributed by atoms with van der Waals surface area (Å²) in [6.45, 7) is 3.06. The smallest absolute Gasteiger partial charge is 0.394 e. The number of carbonyl (C=O) groups excluding carboxylic acids is 1. The van der Waals surface area contributed by atoms with Crippen molar-refractivity contribution in [3.8, 4) is 0 Å². The molecule has 0 unspecified atom stereocenters. The molecule has 7 heteroatoms. The SMILES string of the molecule is CC(C)=O.O.O=S(=O)(O)O. The van der Waals surface area contributed by atoms with Gasteiger partial charge >= 0.3 is 10.4 Å². The molecule has 0 spiro atoms. The summed E-state index contributed by atoms with van der Waals surface area (Å²) in [4.78, 5) is 9.44. The first-order valence-electron chi connectivity index (χ1n) is 1.90. The largest absolute Gasteiger partial charge is 0.412 e. The molecule has 0 aliphatic carbocycles. The third-order valence-electron chi connectivity index (χ3n) is 0. The maximum Gasteiger partial charge on any atom is 0.394 e. The third-order valence-corrected chi connectivity index (χ3v) is 0. The summed E-state index contributed by atoms with van der Waals surface area (Å²) in [5.41, 5.74) is 0. The summed E-state index contributed by atoms with van der Waals surface area (Å²) in [7, 11) is -4.67. The van der Waals surface area contributed by atoms with Crippen LogP contribution in [-0.2, 0) is 15.2 Å². The quantitative estimate of drug-likeness (QED) is 0.461. The molecule has 0 fully saturated rings. The van der Waals surface area contributed by atoms with E-state index in [1.807, 2.05) is 0 Å². The molecule has 0 saturated heterocycles. The van der Waals surface area contributed by atoms with Crippen molar-refractivity contribution in [2.24, 2.45) is 0 Å². The molecule has 0 aliphatic rings. The first kappa shape index (κ1) is 16.2. The average molecular weight is 174 g/mol. The normalized spacial score (nSPS) is 8.40. The van der Waals surface area contributed by atoms with Gasteiger partial charge in [0.1, 0.15) is 5.78 Å². The monoisotopic (exact) mass is 174 g/mol. The number of rotatable bonds is 0. The highest BCUT2D eigenvalue weighted by Crippen LogP contribution is 1.59. The van der Waals surface area contributed by atoms with Crippen molar-refractivity contribution < 1.29 is 27.8 Å². The van der Waals surface area contributed by atoms with Crippen LogP contribution in [0.15, 0.2) is 0 Å². The Morgan fingerprint density at radius 2 is 1.20 bits per heavy atom. The molecule has 0 rings (SSSR count). The van der Waals surface area contributed by atoms with Crippen LogP contribution >= 0.6 is 0 Å². The molecule has 6 nitrogen and oxygen atoms in total. The zero-order valence-electron chi connectivity index (χ0n) is 5.53. The van der Waals surface area contributed by atoms with Crippen molar-refractivity contribution in [2.45, 2.75) is 13.8 Å². The number of ketones is 1. The standard InChI is InChI=1S/C3H6O.H2O4S.H2O/c1-3(2)4;1-5(2,3)4;/h1-2H3;(H2,1,2,3,4);1H2. The number of carbonyl (C=O) groups is 1. The maximum absolute atomic E-state index is 9.44. The van der Waals surface area contributed by atoms with Gasteiger partial charge in [0.25, 0.3) is 0 Å². The summed E-state index contributed by atoms with van der Waals surface area (Å²) in [5, 5.41) is 0. The minimum Gasteiger partial charge on any atom is -0.412 e. The Kier molecular flexibility index (Phi) is 10.8. The van der Waals surface area contributed by atoms with Crippen LogP contribution in [0.25, 0.3) is 0 Å². The van der Waals surface area contributed by atoms with Crippen molar-refractivity contribution in [1.29, 1.82) is 0 Å². The summed E-state index contributed by atoms with van der Waals surface area (Å²) >= 11 is 0. The van der Waals surface area contributed by atoms with Gasteiger partial charge < -0.3 is 10.3 Å². The number of Topliss-reactive ketones (excluding diaryl/α,β-unsaturated/α-hetero) is 1. The van der Waals surface area contributed by atoms with Crippen LogP contribution in [0, 0.1) is 0 Å². The lowest BCUT2D eigenvalue weighted by Gasteiger charge is -1.68. The van der Waals surface area contributed by atoms with Crippen LogP contribution in [-0.4, -0.2) is 28.8 Å². The van der Waals surface area contributed by atoms with Gasteiger partial charge in [-0.3, -0.25) is 9.11 Å².